The lowest BCUT2D eigenvalue weighted by molar-refractivity contribution is 0.384. The maximum Gasteiger partial charge on any atom is 0.0103 e. The Bertz CT molecular complexity index is 161. The van der Waals surface area contributed by atoms with E-state index in [1.54, 1.807) is 0 Å². The molecule has 2 heteroatoms. The fourth-order valence-corrected chi connectivity index (χ4v) is 3.23. The van der Waals surface area contributed by atoms with Crippen molar-refractivity contribution >= 4 is 11.8 Å². The van der Waals surface area contributed by atoms with E-state index < -0.39 is 0 Å². The lowest BCUT2D eigenvalue weighted by atomic mass is 9.94. The SMILES string of the molecule is C=C(C)CCC(NC)C1CCSC1. The molecule has 1 nitrogen and oxygen atoms in total. The van der Waals surface area contributed by atoms with Crippen molar-refractivity contribution in [1.82, 2.24) is 5.32 Å². The number of hydrogen-bond acceptors (Lipinski definition) is 2. The van der Waals surface area contributed by atoms with Gasteiger partial charge in [0.1, 0.15) is 0 Å². The number of rotatable bonds is 5. The third-order valence-electron chi connectivity index (χ3n) is 2.79. The number of hydrogen-bond donors (Lipinski definition) is 1. The summed E-state index contributed by atoms with van der Waals surface area (Å²) in [5.41, 5.74) is 1.31. The average Bonchev–Trinajstić information content (AvgIpc) is 2.58. The van der Waals surface area contributed by atoms with Crippen LogP contribution in [0.25, 0.3) is 0 Å². The first kappa shape index (κ1) is 11.1. The quantitative estimate of drug-likeness (QED) is 0.683. The zero-order valence-corrected chi connectivity index (χ0v) is 9.62. The average molecular weight is 199 g/mol. The molecule has 0 aromatic carbocycles. The van der Waals surface area contributed by atoms with Crippen LogP contribution < -0.4 is 5.32 Å². The van der Waals surface area contributed by atoms with Crippen LogP contribution in [0.5, 0.6) is 0 Å². The Morgan fingerprint density at radius 3 is 2.92 bits per heavy atom. The van der Waals surface area contributed by atoms with Crippen molar-refractivity contribution in [2.45, 2.75) is 32.2 Å². The number of allylic oxidation sites excluding steroid dienone is 1. The third-order valence-corrected chi connectivity index (χ3v) is 3.98. The van der Waals surface area contributed by atoms with Crippen molar-refractivity contribution in [1.29, 1.82) is 0 Å². The molecule has 1 N–H and O–H groups in total. The lowest BCUT2D eigenvalue weighted by Crippen LogP contribution is -2.33. The van der Waals surface area contributed by atoms with Gasteiger partial charge in [0.05, 0.1) is 0 Å². The van der Waals surface area contributed by atoms with Crippen LogP contribution in [0.4, 0.5) is 0 Å². The van der Waals surface area contributed by atoms with Gasteiger partial charge in [0, 0.05) is 6.04 Å². The maximum absolute atomic E-state index is 3.96. The zero-order chi connectivity index (χ0) is 9.68. The Morgan fingerprint density at radius 1 is 1.69 bits per heavy atom. The molecule has 13 heavy (non-hydrogen) atoms. The Hall–Kier alpha value is 0.0500. The molecule has 0 aromatic heterocycles. The molecule has 0 spiro atoms. The Kier molecular flexibility index (Phi) is 4.89. The highest BCUT2D eigenvalue weighted by molar-refractivity contribution is 7.99. The van der Waals surface area contributed by atoms with E-state index in [1.165, 1.54) is 36.3 Å². The van der Waals surface area contributed by atoms with E-state index in [4.69, 9.17) is 0 Å². The molecule has 1 saturated heterocycles. The summed E-state index contributed by atoms with van der Waals surface area (Å²) in [5, 5.41) is 3.44. The van der Waals surface area contributed by atoms with E-state index in [1.807, 2.05) is 0 Å². The fraction of sp³-hybridized carbons (Fsp3) is 0.818. The summed E-state index contributed by atoms with van der Waals surface area (Å²) < 4.78 is 0. The molecule has 1 aliphatic heterocycles. The van der Waals surface area contributed by atoms with Gasteiger partial charge < -0.3 is 5.32 Å². The molecule has 1 heterocycles. The Balaban J connectivity index is 2.28. The van der Waals surface area contributed by atoms with Gasteiger partial charge >= 0.3 is 0 Å². The van der Waals surface area contributed by atoms with Gasteiger partial charge in [-0.25, -0.2) is 0 Å². The number of thioether (sulfide) groups is 1. The van der Waals surface area contributed by atoms with Crippen molar-refractivity contribution < 1.29 is 0 Å². The van der Waals surface area contributed by atoms with E-state index >= 15 is 0 Å². The smallest absolute Gasteiger partial charge is 0.0103 e. The van der Waals surface area contributed by atoms with Gasteiger partial charge in [0.15, 0.2) is 0 Å². The molecule has 0 bridgehead atoms. The molecular weight excluding hydrogens is 178 g/mol. The minimum Gasteiger partial charge on any atom is -0.317 e. The van der Waals surface area contributed by atoms with Crippen LogP contribution in [0.1, 0.15) is 26.2 Å². The van der Waals surface area contributed by atoms with Crippen LogP contribution in [-0.4, -0.2) is 24.6 Å². The van der Waals surface area contributed by atoms with Crippen molar-refractivity contribution in [3.05, 3.63) is 12.2 Å². The largest absolute Gasteiger partial charge is 0.317 e. The zero-order valence-electron chi connectivity index (χ0n) is 8.81. The van der Waals surface area contributed by atoms with Crippen molar-refractivity contribution in [2.75, 3.05) is 18.6 Å². The highest BCUT2D eigenvalue weighted by Crippen LogP contribution is 2.28. The van der Waals surface area contributed by atoms with Crippen molar-refractivity contribution in [3.63, 3.8) is 0 Å². The summed E-state index contributed by atoms with van der Waals surface area (Å²) in [6, 6.07) is 0.715. The highest BCUT2D eigenvalue weighted by Gasteiger charge is 2.23. The van der Waals surface area contributed by atoms with Crippen LogP contribution >= 0.6 is 11.8 Å². The first-order valence-corrected chi connectivity index (χ1v) is 6.29. The molecule has 0 aromatic rings. The van der Waals surface area contributed by atoms with E-state index in [-0.39, 0.29) is 0 Å². The van der Waals surface area contributed by atoms with Crippen LogP contribution in [0.3, 0.4) is 0 Å². The highest BCUT2D eigenvalue weighted by atomic mass is 32.2. The van der Waals surface area contributed by atoms with E-state index in [0.717, 1.165) is 5.92 Å². The summed E-state index contributed by atoms with van der Waals surface area (Å²) in [5.74, 6) is 3.60. The molecular formula is C11H21NS. The molecule has 0 amide bonds. The molecule has 0 aliphatic carbocycles. The molecule has 0 radical (unpaired) electrons. The molecule has 2 atom stereocenters. The van der Waals surface area contributed by atoms with Gasteiger partial charge in [-0.15, -0.1) is 6.58 Å². The lowest BCUT2D eigenvalue weighted by Gasteiger charge is -2.22. The van der Waals surface area contributed by atoms with Gasteiger partial charge in [0.25, 0.3) is 0 Å². The minimum atomic E-state index is 0.715. The summed E-state index contributed by atoms with van der Waals surface area (Å²) in [4.78, 5) is 0. The number of nitrogens with one attached hydrogen (secondary N) is 1. The molecule has 1 rings (SSSR count). The Morgan fingerprint density at radius 2 is 2.46 bits per heavy atom. The summed E-state index contributed by atoms with van der Waals surface area (Å²) in [7, 11) is 2.09. The predicted molar refractivity (Wildman–Crippen MR) is 62.3 cm³/mol. The van der Waals surface area contributed by atoms with Crippen LogP contribution in [-0.2, 0) is 0 Å². The molecule has 0 saturated carbocycles. The first-order chi connectivity index (χ1) is 6.24. The molecule has 2 unspecified atom stereocenters. The van der Waals surface area contributed by atoms with E-state index in [2.05, 4.69) is 37.6 Å². The van der Waals surface area contributed by atoms with Crippen LogP contribution in [0, 0.1) is 5.92 Å². The minimum absolute atomic E-state index is 0.715. The summed E-state index contributed by atoms with van der Waals surface area (Å²) in [6.07, 6.45) is 3.83. The maximum atomic E-state index is 3.96. The monoisotopic (exact) mass is 199 g/mol. The standard InChI is InChI=1S/C11H21NS/c1-9(2)4-5-11(12-3)10-6-7-13-8-10/h10-12H,1,4-8H2,2-3H3. The Labute approximate surface area is 86.4 Å². The van der Waals surface area contributed by atoms with E-state index in [9.17, 15) is 0 Å². The first-order valence-electron chi connectivity index (χ1n) is 5.13. The second-order valence-corrected chi connectivity index (χ2v) is 5.16. The molecule has 76 valence electrons. The second-order valence-electron chi connectivity index (χ2n) is 4.01. The topological polar surface area (TPSA) is 12.0 Å². The molecule has 1 fully saturated rings. The summed E-state index contributed by atoms with van der Waals surface area (Å²) >= 11 is 2.10. The predicted octanol–water partition coefficient (Wildman–Crippen LogP) is 2.68. The van der Waals surface area contributed by atoms with Crippen molar-refractivity contribution in [3.8, 4) is 0 Å². The van der Waals surface area contributed by atoms with Gasteiger partial charge in [-0.3, -0.25) is 0 Å². The third kappa shape index (κ3) is 3.74. The van der Waals surface area contributed by atoms with Gasteiger partial charge in [-0.1, -0.05) is 5.57 Å². The van der Waals surface area contributed by atoms with Gasteiger partial charge in [-0.2, -0.15) is 11.8 Å². The van der Waals surface area contributed by atoms with Gasteiger partial charge in [0.2, 0.25) is 0 Å². The van der Waals surface area contributed by atoms with E-state index in [0.29, 0.717) is 6.04 Å². The normalized spacial score (nSPS) is 24.6. The van der Waals surface area contributed by atoms with Gasteiger partial charge in [-0.05, 0) is 50.7 Å². The fourth-order valence-electron chi connectivity index (χ4n) is 1.89. The van der Waals surface area contributed by atoms with Crippen molar-refractivity contribution in [2.24, 2.45) is 5.92 Å². The summed E-state index contributed by atoms with van der Waals surface area (Å²) in [6.45, 7) is 6.08. The molecule has 1 aliphatic rings. The van der Waals surface area contributed by atoms with Crippen LogP contribution in [0.2, 0.25) is 0 Å². The second kappa shape index (κ2) is 5.71. The van der Waals surface area contributed by atoms with Crippen LogP contribution in [0.15, 0.2) is 12.2 Å².